The number of para-hydroxylation sites is 1. The number of imidazole rings is 1. The summed E-state index contributed by atoms with van der Waals surface area (Å²) in [5, 5.41) is 9.35. The summed E-state index contributed by atoms with van der Waals surface area (Å²) in [6.07, 6.45) is 5.91. The molecule has 1 N–H and O–H groups in total. The summed E-state index contributed by atoms with van der Waals surface area (Å²) in [5.41, 5.74) is 0.747. The van der Waals surface area contributed by atoms with E-state index in [9.17, 15) is 19.1 Å². The average molecular weight is 490 g/mol. The van der Waals surface area contributed by atoms with Gasteiger partial charge in [-0.3, -0.25) is 4.79 Å². The van der Waals surface area contributed by atoms with Crippen molar-refractivity contribution in [2.45, 2.75) is 19.5 Å². The standard InChI is InChI=1S/C22H21BrFN3O4/c23-19-4-1-3-18(22(29)30)21(19)31-14-20(28)27(11-2-10-26-12-9-25-15-26)13-16-5-7-17(24)8-6-16/h1,3-9,12,15H,2,10-11,13-14H2,(H,29,30). The number of ether oxygens (including phenoxy) is 1. The monoisotopic (exact) mass is 489 g/mol. The molecule has 0 atom stereocenters. The highest BCUT2D eigenvalue weighted by Gasteiger charge is 2.19. The Morgan fingerprint density at radius 3 is 2.65 bits per heavy atom. The molecule has 1 aromatic heterocycles. The van der Waals surface area contributed by atoms with Crippen molar-refractivity contribution < 1.29 is 23.8 Å². The van der Waals surface area contributed by atoms with Crippen molar-refractivity contribution >= 4 is 27.8 Å². The van der Waals surface area contributed by atoms with Gasteiger partial charge in [0, 0.05) is 32.0 Å². The van der Waals surface area contributed by atoms with Crippen molar-refractivity contribution in [3.05, 3.63) is 82.6 Å². The fourth-order valence-corrected chi connectivity index (χ4v) is 3.50. The number of aryl methyl sites for hydroxylation is 1. The maximum Gasteiger partial charge on any atom is 0.339 e. The van der Waals surface area contributed by atoms with Crippen molar-refractivity contribution in [2.75, 3.05) is 13.2 Å². The van der Waals surface area contributed by atoms with Crippen LogP contribution in [0.25, 0.3) is 0 Å². The highest BCUT2D eigenvalue weighted by Crippen LogP contribution is 2.29. The molecule has 7 nitrogen and oxygen atoms in total. The van der Waals surface area contributed by atoms with E-state index in [0.29, 0.717) is 24.0 Å². The van der Waals surface area contributed by atoms with Crippen LogP contribution in [-0.2, 0) is 17.9 Å². The van der Waals surface area contributed by atoms with Gasteiger partial charge < -0.3 is 19.3 Å². The zero-order valence-electron chi connectivity index (χ0n) is 16.6. The van der Waals surface area contributed by atoms with Crippen molar-refractivity contribution in [3.63, 3.8) is 0 Å². The number of carboxylic acid groups (broad SMARTS) is 1. The zero-order valence-corrected chi connectivity index (χ0v) is 18.2. The molecule has 162 valence electrons. The third-order valence-corrected chi connectivity index (χ3v) is 5.20. The second kappa shape index (κ2) is 10.7. The fraction of sp³-hybridized carbons (Fsp3) is 0.227. The Balaban J connectivity index is 1.69. The summed E-state index contributed by atoms with van der Waals surface area (Å²) in [5.74, 6) is -1.70. The molecule has 0 bridgehead atoms. The lowest BCUT2D eigenvalue weighted by Gasteiger charge is -2.23. The topological polar surface area (TPSA) is 84.7 Å². The molecule has 0 aliphatic heterocycles. The van der Waals surface area contributed by atoms with E-state index in [0.717, 1.165) is 5.56 Å². The number of aromatic carboxylic acids is 1. The fourth-order valence-electron chi connectivity index (χ4n) is 3.01. The maximum absolute atomic E-state index is 13.2. The van der Waals surface area contributed by atoms with E-state index < -0.39 is 5.97 Å². The molecule has 1 heterocycles. The van der Waals surface area contributed by atoms with Gasteiger partial charge in [-0.15, -0.1) is 0 Å². The molecule has 2 aromatic carbocycles. The molecule has 0 aliphatic rings. The summed E-state index contributed by atoms with van der Waals surface area (Å²) in [7, 11) is 0. The van der Waals surface area contributed by atoms with Gasteiger partial charge in [-0.2, -0.15) is 0 Å². The van der Waals surface area contributed by atoms with Crippen LogP contribution in [0.15, 0.2) is 65.7 Å². The van der Waals surface area contributed by atoms with Crippen LogP contribution in [0.2, 0.25) is 0 Å². The van der Waals surface area contributed by atoms with Crippen molar-refractivity contribution in [1.29, 1.82) is 0 Å². The molecule has 0 saturated heterocycles. The maximum atomic E-state index is 13.2. The first kappa shape index (κ1) is 22.5. The normalized spacial score (nSPS) is 10.6. The summed E-state index contributed by atoms with van der Waals surface area (Å²) >= 11 is 3.27. The van der Waals surface area contributed by atoms with Gasteiger partial charge in [0.2, 0.25) is 0 Å². The second-order valence-electron chi connectivity index (χ2n) is 6.81. The van der Waals surface area contributed by atoms with Crippen molar-refractivity contribution in [1.82, 2.24) is 14.5 Å². The van der Waals surface area contributed by atoms with Gasteiger partial charge in [0.05, 0.1) is 10.8 Å². The molecule has 31 heavy (non-hydrogen) atoms. The van der Waals surface area contributed by atoms with Crippen LogP contribution in [0.5, 0.6) is 5.75 Å². The second-order valence-corrected chi connectivity index (χ2v) is 7.66. The van der Waals surface area contributed by atoms with Crippen LogP contribution in [-0.4, -0.2) is 44.6 Å². The van der Waals surface area contributed by atoms with Gasteiger partial charge in [0.25, 0.3) is 5.91 Å². The molecule has 3 aromatic rings. The molecular weight excluding hydrogens is 469 g/mol. The van der Waals surface area contributed by atoms with Gasteiger partial charge in [-0.05, 0) is 52.2 Å². The molecule has 0 fully saturated rings. The van der Waals surface area contributed by atoms with Gasteiger partial charge in [0.1, 0.15) is 17.1 Å². The van der Waals surface area contributed by atoms with Crippen LogP contribution >= 0.6 is 15.9 Å². The Labute approximate surface area is 187 Å². The Morgan fingerprint density at radius 2 is 1.97 bits per heavy atom. The van der Waals surface area contributed by atoms with Gasteiger partial charge >= 0.3 is 5.97 Å². The lowest BCUT2D eigenvalue weighted by Crippen LogP contribution is -2.35. The molecule has 9 heteroatoms. The van der Waals surface area contributed by atoms with Crippen LogP contribution < -0.4 is 4.74 Å². The van der Waals surface area contributed by atoms with Crippen LogP contribution in [0, 0.1) is 5.82 Å². The number of carbonyl (C=O) groups excluding carboxylic acids is 1. The number of nitrogens with zero attached hydrogens (tertiary/aromatic N) is 3. The van der Waals surface area contributed by atoms with E-state index in [1.165, 1.54) is 18.2 Å². The molecule has 0 aliphatic carbocycles. The molecule has 3 rings (SSSR count). The minimum absolute atomic E-state index is 0.0348. The third-order valence-electron chi connectivity index (χ3n) is 4.58. The first-order chi connectivity index (χ1) is 14.9. The number of hydrogen-bond acceptors (Lipinski definition) is 4. The van der Waals surface area contributed by atoms with Crippen LogP contribution in [0.3, 0.4) is 0 Å². The number of benzene rings is 2. The number of halogens is 2. The summed E-state index contributed by atoms with van der Waals surface area (Å²) in [6, 6.07) is 10.6. The third kappa shape index (κ3) is 6.39. The highest BCUT2D eigenvalue weighted by atomic mass is 79.9. The highest BCUT2D eigenvalue weighted by molar-refractivity contribution is 9.10. The summed E-state index contributed by atoms with van der Waals surface area (Å²) in [4.78, 5) is 30.0. The van der Waals surface area contributed by atoms with E-state index >= 15 is 0 Å². The Kier molecular flexibility index (Phi) is 7.77. The van der Waals surface area contributed by atoms with Gasteiger partial charge in [-0.1, -0.05) is 18.2 Å². The SMILES string of the molecule is O=C(O)c1cccc(Br)c1OCC(=O)N(CCCn1ccnc1)Cc1ccc(F)cc1. The molecule has 0 saturated carbocycles. The Bertz CT molecular complexity index is 1030. The number of rotatable bonds is 10. The van der Waals surface area contributed by atoms with Crippen LogP contribution in [0.4, 0.5) is 4.39 Å². The largest absolute Gasteiger partial charge is 0.482 e. The summed E-state index contributed by atoms with van der Waals surface area (Å²) < 4.78 is 21.2. The van der Waals surface area contributed by atoms with Crippen LogP contribution in [0.1, 0.15) is 22.3 Å². The lowest BCUT2D eigenvalue weighted by molar-refractivity contribution is -0.134. The molecule has 1 amide bonds. The number of carbonyl (C=O) groups is 2. The minimum atomic E-state index is -1.15. The Morgan fingerprint density at radius 1 is 1.19 bits per heavy atom. The predicted molar refractivity (Wildman–Crippen MR) is 115 cm³/mol. The zero-order chi connectivity index (χ0) is 22.2. The molecule has 0 radical (unpaired) electrons. The molecule has 0 spiro atoms. The quantitative estimate of drug-likeness (QED) is 0.465. The van der Waals surface area contributed by atoms with Crippen molar-refractivity contribution in [3.8, 4) is 5.75 Å². The lowest BCUT2D eigenvalue weighted by atomic mass is 10.2. The average Bonchev–Trinajstić information content (AvgIpc) is 3.26. The van der Waals surface area contributed by atoms with E-state index in [1.807, 2.05) is 10.8 Å². The number of aromatic nitrogens is 2. The first-order valence-corrected chi connectivity index (χ1v) is 10.4. The first-order valence-electron chi connectivity index (χ1n) is 9.56. The van der Waals surface area contributed by atoms with E-state index in [-0.39, 0.29) is 36.2 Å². The van der Waals surface area contributed by atoms with Crippen molar-refractivity contribution in [2.24, 2.45) is 0 Å². The van der Waals surface area contributed by atoms with E-state index in [4.69, 9.17) is 4.74 Å². The van der Waals surface area contributed by atoms with E-state index in [1.54, 1.807) is 41.7 Å². The Hall–Kier alpha value is -3.20. The smallest absolute Gasteiger partial charge is 0.339 e. The van der Waals surface area contributed by atoms with Gasteiger partial charge in [0.15, 0.2) is 6.61 Å². The van der Waals surface area contributed by atoms with E-state index in [2.05, 4.69) is 20.9 Å². The predicted octanol–water partition coefficient (Wildman–Crippen LogP) is 3.98. The van der Waals surface area contributed by atoms with Gasteiger partial charge in [-0.25, -0.2) is 14.2 Å². The number of carboxylic acids is 1. The summed E-state index contributed by atoms with van der Waals surface area (Å²) in [6.45, 7) is 1.09. The molecule has 0 unspecified atom stereocenters. The minimum Gasteiger partial charge on any atom is -0.482 e. The number of hydrogen-bond donors (Lipinski definition) is 1. The molecular formula is C22H21BrFN3O4. The number of amides is 1.